The Balaban J connectivity index is 1.96. The molecule has 1 aromatic rings. The number of amides is 3. The van der Waals surface area contributed by atoms with E-state index in [1.165, 1.54) is 16.7 Å². The van der Waals surface area contributed by atoms with Gasteiger partial charge in [0.1, 0.15) is 11.3 Å². The summed E-state index contributed by atoms with van der Waals surface area (Å²) in [5.41, 5.74) is 5.52. The first kappa shape index (κ1) is 15.5. The number of thioether (sulfide) groups is 1. The van der Waals surface area contributed by atoms with Crippen LogP contribution in [-0.4, -0.2) is 41.8 Å². The van der Waals surface area contributed by atoms with E-state index in [1.807, 2.05) is 6.07 Å². The topological polar surface area (TPSA) is 84.7 Å². The number of imide groups is 1. The first-order valence-electron chi connectivity index (χ1n) is 6.55. The van der Waals surface area contributed by atoms with E-state index in [4.69, 9.17) is 10.5 Å². The van der Waals surface area contributed by atoms with Gasteiger partial charge in [0.15, 0.2) is 0 Å². The molecule has 0 aliphatic carbocycles. The lowest BCUT2D eigenvalue weighted by Crippen LogP contribution is -2.40. The summed E-state index contributed by atoms with van der Waals surface area (Å²) in [6.07, 6.45) is 0. The van der Waals surface area contributed by atoms with Gasteiger partial charge in [0.2, 0.25) is 0 Å². The quantitative estimate of drug-likeness (QED) is 0.491. The molecule has 3 amide bonds. The van der Waals surface area contributed by atoms with Crippen molar-refractivity contribution in [2.24, 2.45) is 0 Å². The van der Waals surface area contributed by atoms with E-state index in [0.29, 0.717) is 23.7 Å². The van der Waals surface area contributed by atoms with E-state index in [2.05, 4.69) is 5.32 Å². The summed E-state index contributed by atoms with van der Waals surface area (Å²) in [4.78, 5) is 26.0. The van der Waals surface area contributed by atoms with Gasteiger partial charge in [0.25, 0.3) is 5.91 Å². The number of methoxy groups -OCH3 is 1. The largest absolute Gasteiger partial charge is 0.496 e. The van der Waals surface area contributed by atoms with E-state index < -0.39 is 5.54 Å². The Morgan fingerprint density at radius 1 is 1.38 bits per heavy atom. The van der Waals surface area contributed by atoms with E-state index >= 15 is 0 Å². The summed E-state index contributed by atoms with van der Waals surface area (Å²) in [6, 6.07) is 5.07. The minimum atomic E-state index is -0.819. The van der Waals surface area contributed by atoms with Crippen molar-refractivity contribution in [3.8, 4) is 5.75 Å². The number of nitrogens with two attached hydrogens (primary N) is 1. The number of anilines is 1. The van der Waals surface area contributed by atoms with Crippen LogP contribution < -0.4 is 15.8 Å². The predicted octanol–water partition coefficient (Wildman–Crippen LogP) is 1.70. The third-order valence-electron chi connectivity index (χ3n) is 3.20. The summed E-state index contributed by atoms with van der Waals surface area (Å²) < 4.78 is 5.26. The van der Waals surface area contributed by atoms with Gasteiger partial charge >= 0.3 is 6.03 Å². The molecule has 0 radical (unpaired) electrons. The lowest BCUT2D eigenvalue weighted by molar-refractivity contribution is -0.130. The van der Waals surface area contributed by atoms with Crippen molar-refractivity contribution in [2.45, 2.75) is 24.3 Å². The van der Waals surface area contributed by atoms with E-state index in [-0.39, 0.29) is 11.9 Å². The van der Waals surface area contributed by atoms with E-state index in [9.17, 15) is 9.59 Å². The molecule has 3 N–H and O–H groups in total. The Hall–Kier alpha value is -1.89. The highest BCUT2D eigenvalue weighted by atomic mass is 32.2. The van der Waals surface area contributed by atoms with Crippen LogP contribution in [0.25, 0.3) is 0 Å². The molecular formula is C14H19N3O3S. The Morgan fingerprint density at radius 3 is 2.67 bits per heavy atom. The fraction of sp³-hybridized carbons (Fsp3) is 0.429. The molecule has 0 atom stereocenters. The zero-order chi connectivity index (χ0) is 15.6. The van der Waals surface area contributed by atoms with Crippen molar-refractivity contribution in [2.75, 3.05) is 25.1 Å². The Labute approximate surface area is 128 Å². The molecule has 0 unspecified atom stereocenters. The summed E-state index contributed by atoms with van der Waals surface area (Å²) in [5, 5.41) is 2.66. The molecule has 0 saturated carbocycles. The molecule has 114 valence electrons. The monoisotopic (exact) mass is 309 g/mol. The second kappa shape index (κ2) is 5.85. The molecule has 1 aliphatic heterocycles. The average molecular weight is 309 g/mol. The lowest BCUT2D eigenvalue weighted by atomic mass is 10.1. The minimum absolute atomic E-state index is 0.197. The van der Waals surface area contributed by atoms with Crippen molar-refractivity contribution in [1.29, 1.82) is 0 Å². The number of benzene rings is 1. The fourth-order valence-corrected chi connectivity index (χ4v) is 3.01. The van der Waals surface area contributed by atoms with Crippen molar-refractivity contribution in [1.82, 2.24) is 10.2 Å². The van der Waals surface area contributed by atoms with Crippen LogP contribution in [0.15, 0.2) is 23.1 Å². The lowest BCUT2D eigenvalue weighted by Gasteiger charge is -2.16. The van der Waals surface area contributed by atoms with Crippen molar-refractivity contribution >= 4 is 29.4 Å². The molecule has 1 saturated heterocycles. The number of carbonyl (C=O) groups excluding carboxylic acids is 2. The molecular weight excluding hydrogens is 290 g/mol. The molecule has 21 heavy (non-hydrogen) atoms. The van der Waals surface area contributed by atoms with E-state index in [0.717, 1.165) is 4.90 Å². The van der Waals surface area contributed by atoms with Crippen LogP contribution in [-0.2, 0) is 4.79 Å². The SMILES string of the molecule is COc1cc(N)ccc1SCCN1C(=O)NC(C)(C)C1=O. The minimum Gasteiger partial charge on any atom is -0.496 e. The highest BCUT2D eigenvalue weighted by molar-refractivity contribution is 7.99. The molecule has 0 aromatic heterocycles. The summed E-state index contributed by atoms with van der Waals surface area (Å²) in [7, 11) is 1.58. The molecule has 6 nitrogen and oxygen atoms in total. The van der Waals surface area contributed by atoms with Crippen molar-refractivity contribution < 1.29 is 14.3 Å². The van der Waals surface area contributed by atoms with Gasteiger partial charge < -0.3 is 15.8 Å². The standard InChI is InChI=1S/C14H19N3O3S/c1-14(2)12(18)17(13(19)16-14)6-7-21-11-5-4-9(15)8-10(11)20-3/h4-5,8H,6-7,15H2,1-3H3,(H,16,19). The van der Waals surface area contributed by atoms with Crippen LogP contribution in [0.3, 0.4) is 0 Å². The van der Waals surface area contributed by atoms with Gasteiger partial charge in [-0.1, -0.05) is 0 Å². The molecule has 7 heteroatoms. The van der Waals surface area contributed by atoms with Crippen LogP contribution in [0.4, 0.5) is 10.5 Å². The molecule has 1 fully saturated rings. The van der Waals surface area contributed by atoms with E-state index in [1.54, 1.807) is 33.1 Å². The number of rotatable bonds is 5. The maximum Gasteiger partial charge on any atom is 0.325 e. The fourth-order valence-electron chi connectivity index (χ4n) is 2.07. The maximum absolute atomic E-state index is 12.0. The number of hydrogen-bond donors (Lipinski definition) is 2. The third-order valence-corrected chi connectivity index (χ3v) is 4.24. The van der Waals surface area contributed by atoms with Gasteiger partial charge in [-0.05, 0) is 26.0 Å². The molecule has 1 heterocycles. The summed E-state index contributed by atoms with van der Waals surface area (Å²) in [5.74, 6) is 1.09. The Morgan fingerprint density at radius 2 is 2.10 bits per heavy atom. The normalized spacial score (nSPS) is 17.0. The first-order chi connectivity index (χ1) is 9.85. The number of nitrogens with one attached hydrogen (secondary N) is 1. The number of hydrogen-bond acceptors (Lipinski definition) is 5. The van der Waals surface area contributed by atoms with Crippen LogP contribution in [0.5, 0.6) is 5.75 Å². The predicted molar refractivity (Wildman–Crippen MR) is 82.5 cm³/mol. The molecule has 2 rings (SSSR count). The Bertz CT molecular complexity index is 575. The highest BCUT2D eigenvalue weighted by Crippen LogP contribution is 2.31. The second-order valence-electron chi connectivity index (χ2n) is 5.27. The maximum atomic E-state index is 12.0. The average Bonchev–Trinajstić information content (AvgIpc) is 2.61. The summed E-state index contributed by atoms with van der Waals surface area (Å²) in [6.45, 7) is 3.75. The van der Waals surface area contributed by atoms with Gasteiger partial charge in [-0.2, -0.15) is 0 Å². The summed E-state index contributed by atoms with van der Waals surface area (Å²) >= 11 is 1.52. The van der Waals surface area contributed by atoms with Gasteiger partial charge in [-0.3, -0.25) is 9.69 Å². The highest BCUT2D eigenvalue weighted by Gasteiger charge is 2.43. The van der Waals surface area contributed by atoms with Crippen molar-refractivity contribution in [3.63, 3.8) is 0 Å². The molecule has 1 aliphatic rings. The number of nitrogens with zero attached hydrogens (tertiary/aromatic N) is 1. The molecule has 1 aromatic carbocycles. The van der Waals surface area contributed by atoms with Gasteiger partial charge in [0, 0.05) is 28.9 Å². The zero-order valence-electron chi connectivity index (χ0n) is 12.3. The first-order valence-corrected chi connectivity index (χ1v) is 7.54. The van der Waals surface area contributed by atoms with Gasteiger partial charge in [0.05, 0.1) is 7.11 Å². The third kappa shape index (κ3) is 3.24. The number of ether oxygens (including phenoxy) is 1. The second-order valence-corrected chi connectivity index (χ2v) is 6.41. The smallest absolute Gasteiger partial charge is 0.325 e. The van der Waals surface area contributed by atoms with Crippen LogP contribution in [0.1, 0.15) is 13.8 Å². The molecule has 0 bridgehead atoms. The van der Waals surface area contributed by atoms with Crippen molar-refractivity contribution in [3.05, 3.63) is 18.2 Å². The number of carbonyl (C=O) groups is 2. The number of urea groups is 1. The zero-order valence-corrected chi connectivity index (χ0v) is 13.1. The van der Waals surface area contributed by atoms with Crippen LogP contribution in [0, 0.1) is 0 Å². The van der Waals surface area contributed by atoms with Crippen LogP contribution >= 0.6 is 11.8 Å². The van der Waals surface area contributed by atoms with Gasteiger partial charge in [-0.15, -0.1) is 11.8 Å². The van der Waals surface area contributed by atoms with Crippen LogP contribution in [0.2, 0.25) is 0 Å². The molecule has 0 spiro atoms. The number of nitrogen functional groups attached to an aromatic ring is 1. The van der Waals surface area contributed by atoms with Gasteiger partial charge in [-0.25, -0.2) is 4.79 Å². The Kier molecular flexibility index (Phi) is 4.32.